The van der Waals surface area contributed by atoms with Gasteiger partial charge in [-0.25, -0.2) is 0 Å². The molecule has 0 radical (unpaired) electrons. The van der Waals surface area contributed by atoms with Crippen LogP contribution in [0, 0.1) is 5.41 Å². The second kappa shape index (κ2) is 6.16. The third kappa shape index (κ3) is 2.81. The molecule has 3 aliphatic rings. The Morgan fingerprint density at radius 2 is 1.71 bits per heavy atom. The average Bonchev–Trinajstić information content (AvgIpc) is 3.59. The molecule has 1 aliphatic heterocycles. The quantitative estimate of drug-likeness (QED) is 0.854. The number of benzene rings is 1. The highest BCUT2D eigenvalue weighted by atomic mass is 16.2. The Morgan fingerprint density at radius 3 is 2.36 bits per heavy atom. The topological polar surface area (TPSA) is 69.1 Å². The highest BCUT2D eigenvalue weighted by Gasteiger charge is 2.48. The smallest absolute Gasteiger partial charge is 0.239 e. The molecule has 1 saturated heterocycles. The molecule has 2 aromatic rings. The second-order valence-electron chi connectivity index (χ2n) is 8.69. The molecule has 2 atom stereocenters. The summed E-state index contributed by atoms with van der Waals surface area (Å²) in [4.78, 5) is 19.3. The number of guanidine groups is 1. The van der Waals surface area contributed by atoms with Crippen molar-refractivity contribution in [1.82, 2.24) is 15.2 Å². The minimum absolute atomic E-state index is 0.0461. The van der Waals surface area contributed by atoms with E-state index in [9.17, 15) is 4.79 Å². The molecular weight excluding hydrogens is 348 g/mol. The molecule has 144 valence electrons. The zero-order chi connectivity index (χ0) is 19.5. The monoisotopic (exact) mass is 374 g/mol. The fourth-order valence-electron chi connectivity index (χ4n) is 4.42. The van der Waals surface area contributed by atoms with Crippen molar-refractivity contribution in [2.75, 3.05) is 7.05 Å². The summed E-state index contributed by atoms with van der Waals surface area (Å²) in [5.74, 6) is 0.937. The van der Waals surface area contributed by atoms with Gasteiger partial charge in [0.1, 0.15) is 0 Å². The van der Waals surface area contributed by atoms with Crippen LogP contribution < -0.4 is 5.32 Å². The first-order valence-electron chi connectivity index (χ1n) is 10.2. The van der Waals surface area contributed by atoms with Crippen molar-refractivity contribution in [3.63, 3.8) is 0 Å². The number of hydrogen-bond acceptors (Lipinski definition) is 3. The molecule has 28 heavy (non-hydrogen) atoms. The molecule has 0 bridgehead atoms. The zero-order valence-corrected chi connectivity index (χ0v) is 16.4. The first-order valence-corrected chi connectivity index (χ1v) is 10.2. The van der Waals surface area contributed by atoms with Gasteiger partial charge in [0.2, 0.25) is 5.91 Å². The molecule has 5 rings (SSSR count). The molecule has 2 saturated carbocycles. The molecule has 1 aromatic heterocycles. The van der Waals surface area contributed by atoms with Gasteiger partial charge in [-0.15, -0.1) is 0 Å². The SMILES string of the molecule is CN1C(=N)N[C@](C)(c2ccnc(C3CC3)c2)[C@H](c2ccc(C3CC3)cc2)C1=O. The number of nitrogens with zero attached hydrogens (tertiary/aromatic N) is 2. The molecule has 5 nitrogen and oxygen atoms in total. The highest BCUT2D eigenvalue weighted by molar-refractivity contribution is 6.02. The number of amides is 1. The minimum atomic E-state index is -0.686. The summed E-state index contributed by atoms with van der Waals surface area (Å²) in [7, 11) is 1.67. The number of likely N-dealkylation sites (N-methyl/N-ethyl adjacent to an activating group) is 1. The number of nitrogens with one attached hydrogen (secondary N) is 2. The summed E-state index contributed by atoms with van der Waals surface area (Å²) in [6, 6.07) is 12.6. The summed E-state index contributed by atoms with van der Waals surface area (Å²) in [6.07, 6.45) is 6.74. The number of rotatable bonds is 4. The van der Waals surface area contributed by atoms with Gasteiger partial charge in [0, 0.05) is 24.9 Å². The maximum atomic E-state index is 13.3. The van der Waals surface area contributed by atoms with Gasteiger partial charge in [0.05, 0.1) is 11.5 Å². The fourth-order valence-corrected chi connectivity index (χ4v) is 4.42. The van der Waals surface area contributed by atoms with E-state index in [-0.39, 0.29) is 11.9 Å². The predicted octanol–water partition coefficient (Wildman–Crippen LogP) is 3.83. The summed E-state index contributed by atoms with van der Waals surface area (Å²) >= 11 is 0. The van der Waals surface area contributed by atoms with Crippen molar-refractivity contribution in [1.29, 1.82) is 5.41 Å². The summed E-state index contributed by atoms with van der Waals surface area (Å²) in [5, 5.41) is 11.6. The van der Waals surface area contributed by atoms with Crippen molar-refractivity contribution >= 4 is 11.9 Å². The van der Waals surface area contributed by atoms with Crippen LogP contribution in [0.2, 0.25) is 0 Å². The number of carbonyl (C=O) groups excluding carboxylic acids is 1. The third-order valence-corrected chi connectivity index (χ3v) is 6.56. The average molecular weight is 374 g/mol. The molecule has 2 N–H and O–H groups in total. The van der Waals surface area contributed by atoms with Crippen LogP contribution in [0.5, 0.6) is 0 Å². The van der Waals surface area contributed by atoms with Crippen molar-refractivity contribution in [3.8, 4) is 0 Å². The van der Waals surface area contributed by atoms with E-state index in [1.54, 1.807) is 7.05 Å². The van der Waals surface area contributed by atoms with Crippen LogP contribution in [-0.4, -0.2) is 28.8 Å². The van der Waals surface area contributed by atoms with E-state index in [2.05, 4.69) is 40.6 Å². The van der Waals surface area contributed by atoms with Crippen molar-refractivity contribution in [2.45, 2.75) is 55.9 Å². The lowest BCUT2D eigenvalue weighted by atomic mass is 9.73. The molecule has 3 fully saturated rings. The first-order chi connectivity index (χ1) is 13.5. The highest BCUT2D eigenvalue weighted by Crippen LogP contribution is 2.45. The normalized spacial score (nSPS) is 27.6. The number of carbonyl (C=O) groups is 1. The molecule has 2 aliphatic carbocycles. The summed E-state index contributed by atoms with van der Waals surface area (Å²) < 4.78 is 0. The summed E-state index contributed by atoms with van der Waals surface area (Å²) in [5.41, 5.74) is 3.79. The lowest BCUT2D eigenvalue weighted by Crippen LogP contribution is -2.62. The van der Waals surface area contributed by atoms with Gasteiger partial charge in [-0.3, -0.25) is 20.1 Å². The van der Waals surface area contributed by atoms with E-state index in [1.807, 2.05) is 19.2 Å². The summed E-state index contributed by atoms with van der Waals surface area (Å²) in [6.45, 7) is 2.04. The van der Waals surface area contributed by atoms with Crippen molar-refractivity contribution < 1.29 is 4.79 Å². The predicted molar refractivity (Wildman–Crippen MR) is 108 cm³/mol. The van der Waals surface area contributed by atoms with Gasteiger partial charge >= 0.3 is 0 Å². The van der Waals surface area contributed by atoms with Crippen LogP contribution in [-0.2, 0) is 10.3 Å². The van der Waals surface area contributed by atoms with Gasteiger partial charge in [0.25, 0.3) is 0 Å². The van der Waals surface area contributed by atoms with Crippen molar-refractivity contribution in [3.05, 3.63) is 65.0 Å². The lowest BCUT2D eigenvalue weighted by molar-refractivity contribution is -0.131. The molecular formula is C23H26N4O. The largest absolute Gasteiger partial charge is 0.346 e. The molecule has 1 amide bonds. The first kappa shape index (κ1) is 17.4. The fraction of sp³-hybridized carbons (Fsp3) is 0.435. The Labute approximate surface area is 165 Å². The third-order valence-electron chi connectivity index (χ3n) is 6.56. The van der Waals surface area contributed by atoms with Crippen LogP contribution in [0.25, 0.3) is 0 Å². The maximum absolute atomic E-state index is 13.3. The van der Waals surface area contributed by atoms with E-state index in [0.29, 0.717) is 11.8 Å². The Morgan fingerprint density at radius 1 is 1.07 bits per heavy atom. The Kier molecular flexibility index (Phi) is 3.83. The second-order valence-corrected chi connectivity index (χ2v) is 8.69. The number of pyridine rings is 1. The number of aromatic nitrogens is 1. The van der Waals surface area contributed by atoms with E-state index < -0.39 is 11.5 Å². The minimum Gasteiger partial charge on any atom is -0.346 e. The van der Waals surface area contributed by atoms with E-state index in [4.69, 9.17) is 5.41 Å². The van der Waals surface area contributed by atoms with E-state index >= 15 is 0 Å². The van der Waals surface area contributed by atoms with Crippen molar-refractivity contribution in [2.24, 2.45) is 0 Å². The van der Waals surface area contributed by atoms with Crippen LogP contribution in [0.3, 0.4) is 0 Å². The van der Waals surface area contributed by atoms with Gasteiger partial charge in [0.15, 0.2) is 5.96 Å². The zero-order valence-electron chi connectivity index (χ0n) is 16.4. The van der Waals surface area contributed by atoms with E-state index in [1.165, 1.54) is 36.1 Å². The molecule has 2 heterocycles. The van der Waals surface area contributed by atoms with E-state index in [0.717, 1.165) is 16.8 Å². The Bertz CT molecular complexity index is 945. The molecule has 5 heteroatoms. The number of hydrogen-bond donors (Lipinski definition) is 2. The van der Waals surface area contributed by atoms with Gasteiger partial charge < -0.3 is 5.32 Å². The maximum Gasteiger partial charge on any atom is 0.239 e. The Hall–Kier alpha value is -2.69. The van der Waals surface area contributed by atoms with Crippen LogP contribution in [0.15, 0.2) is 42.6 Å². The molecule has 1 aromatic carbocycles. The molecule has 0 spiro atoms. The van der Waals surface area contributed by atoms with Gasteiger partial charge in [-0.2, -0.15) is 0 Å². The Balaban J connectivity index is 1.58. The van der Waals surface area contributed by atoms with Gasteiger partial charge in [-0.1, -0.05) is 24.3 Å². The van der Waals surface area contributed by atoms with Crippen LogP contribution >= 0.6 is 0 Å². The lowest BCUT2D eigenvalue weighted by Gasteiger charge is -2.46. The van der Waals surface area contributed by atoms with Crippen LogP contribution in [0.1, 0.15) is 72.7 Å². The molecule has 0 unspecified atom stereocenters. The van der Waals surface area contributed by atoms with Crippen LogP contribution in [0.4, 0.5) is 0 Å². The standard InChI is InChI=1S/C23H26N4O/c1-23(18-11-12-25-19(13-18)16-7-8-16)20(21(28)27(2)22(24)26-23)17-9-5-15(6-10-17)14-3-4-14/h5-6,9-14,16,20H,3-4,7-8H2,1-2H3,(H2,24,26)/t20-,23-/m1/s1. The van der Waals surface area contributed by atoms with Gasteiger partial charge in [-0.05, 0) is 67.3 Å².